The van der Waals surface area contributed by atoms with Crippen molar-refractivity contribution in [1.82, 2.24) is 9.88 Å². The van der Waals surface area contributed by atoms with Crippen LogP contribution in [0.3, 0.4) is 0 Å². The fraction of sp³-hybridized carbons (Fsp3) is 0.647. The monoisotopic (exact) mass is 290 g/mol. The number of pyridine rings is 1. The van der Waals surface area contributed by atoms with Gasteiger partial charge < -0.3 is 9.64 Å². The Kier molecular flexibility index (Phi) is 6.03. The van der Waals surface area contributed by atoms with E-state index in [4.69, 9.17) is 4.74 Å². The van der Waals surface area contributed by atoms with Crippen LogP contribution in [0.1, 0.15) is 50.8 Å². The number of nitrogens with zero attached hydrogens (tertiary/aromatic N) is 2. The van der Waals surface area contributed by atoms with Gasteiger partial charge in [0.25, 0.3) is 5.91 Å². The zero-order valence-corrected chi connectivity index (χ0v) is 13.2. The quantitative estimate of drug-likeness (QED) is 0.775. The van der Waals surface area contributed by atoms with Gasteiger partial charge in [0.2, 0.25) is 0 Å². The number of amides is 1. The second-order valence-electron chi connectivity index (χ2n) is 5.61. The predicted octanol–water partition coefficient (Wildman–Crippen LogP) is 2.99. The van der Waals surface area contributed by atoms with Crippen LogP contribution in [0.25, 0.3) is 0 Å². The van der Waals surface area contributed by atoms with Crippen molar-refractivity contribution in [2.75, 3.05) is 19.7 Å². The summed E-state index contributed by atoms with van der Waals surface area (Å²) in [5.74, 6) is 0.932. The normalized spacial score (nSPS) is 13.6. The number of hydrogen-bond acceptors (Lipinski definition) is 3. The van der Waals surface area contributed by atoms with E-state index in [0.717, 1.165) is 50.2 Å². The molecule has 0 atom stereocenters. The summed E-state index contributed by atoms with van der Waals surface area (Å²) in [7, 11) is 0. The highest BCUT2D eigenvalue weighted by Crippen LogP contribution is 2.27. The first-order chi connectivity index (χ1) is 10.3. The third kappa shape index (κ3) is 4.19. The van der Waals surface area contributed by atoms with Crippen molar-refractivity contribution in [2.24, 2.45) is 0 Å². The Morgan fingerprint density at radius 3 is 2.67 bits per heavy atom. The highest BCUT2D eigenvalue weighted by Gasteiger charge is 2.17. The summed E-state index contributed by atoms with van der Waals surface area (Å²) in [4.78, 5) is 18.6. The molecule has 0 radical (unpaired) electrons. The van der Waals surface area contributed by atoms with Gasteiger partial charge in [0, 0.05) is 30.5 Å². The molecule has 0 saturated heterocycles. The summed E-state index contributed by atoms with van der Waals surface area (Å²) in [5.41, 5.74) is 2.35. The Hall–Kier alpha value is -1.58. The molecule has 0 bridgehead atoms. The van der Waals surface area contributed by atoms with Gasteiger partial charge in [-0.3, -0.25) is 9.78 Å². The minimum atomic E-state index is 0.0834. The van der Waals surface area contributed by atoms with Crippen LogP contribution in [-0.2, 0) is 17.6 Å². The average molecular weight is 290 g/mol. The number of carbonyl (C=O) groups is 1. The van der Waals surface area contributed by atoms with E-state index >= 15 is 0 Å². The lowest BCUT2D eigenvalue weighted by Crippen LogP contribution is -2.36. The number of aromatic nitrogens is 1. The van der Waals surface area contributed by atoms with Crippen LogP contribution in [0.2, 0.25) is 0 Å². The highest BCUT2D eigenvalue weighted by molar-refractivity contribution is 5.77. The molecule has 21 heavy (non-hydrogen) atoms. The molecule has 0 aliphatic heterocycles. The first-order valence-corrected chi connectivity index (χ1v) is 8.13. The van der Waals surface area contributed by atoms with Crippen LogP contribution < -0.4 is 4.74 Å². The zero-order valence-electron chi connectivity index (χ0n) is 13.2. The molecular weight excluding hydrogens is 264 g/mol. The Morgan fingerprint density at radius 2 is 1.95 bits per heavy atom. The summed E-state index contributed by atoms with van der Waals surface area (Å²) in [5, 5.41) is 0. The van der Waals surface area contributed by atoms with Gasteiger partial charge in [-0.1, -0.05) is 13.8 Å². The summed E-state index contributed by atoms with van der Waals surface area (Å²) in [6.45, 7) is 5.94. The molecule has 116 valence electrons. The summed E-state index contributed by atoms with van der Waals surface area (Å²) < 4.78 is 5.81. The topological polar surface area (TPSA) is 42.4 Å². The van der Waals surface area contributed by atoms with E-state index in [2.05, 4.69) is 18.8 Å². The lowest BCUT2D eigenvalue weighted by Gasteiger charge is -2.23. The van der Waals surface area contributed by atoms with Crippen LogP contribution in [0.4, 0.5) is 0 Å². The van der Waals surface area contributed by atoms with Gasteiger partial charge in [0.15, 0.2) is 6.61 Å². The van der Waals surface area contributed by atoms with Gasteiger partial charge in [-0.25, -0.2) is 0 Å². The van der Waals surface area contributed by atoms with E-state index in [-0.39, 0.29) is 12.5 Å². The molecule has 0 fully saturated rings. The Balaban J connectivity index is 1.97. The Morgan fingerprint density at radius 1 is 1.24 bits per heavy atom. The highest BCUT2D eigenvalue weighted by atomic mass is 16.5. The number of ether oxygens (including phenoxy) is 1. The standard InChI is InChI=1S/C17H26N2O2/c1-3-11-19(12-4-2)17(20)13-21-16-9-10-18-15-8-6-5-7-14(15)16/h9-10H,3-8,11-13H2,1-2H3. The number of carbonyl (C=O) groups excluding carboxylic acids is 1. The maximum absolute atomic E-state index is 12.2. The van der Waals surface area contributed by atoms with Gasteiger partial charge in [-0.05, 0) is 44.6 Å². The molecule has 0 saturated carbocycles. The second-order valence-corrected chi connectivity index (χ2v) is 5.61. The lowest BCUT2D eigenvalue weighted by molar-refractivity contribution is -0.133. The van der Waals surface area contributed by atoms with Crippen LogP contribution in [0.15, 0.2) is 12.3 Å². The molecule has 4 nitrogen and oxygen atoms in total. The summed E-state index contributed by atoms with van der Waals surface area (Å²) >= 11 is 0. The minimum absolute atomic E-state index is 0.0834. The summed E-state index contributed by atoms with van der Waals surface area (Å²) in [6.07, 6.45) is 8.18. The molecule has 1 heterocycles. The van der Waals surface area contributed by atoms with E-state index in [0.29, 0.717) is 0 Å². The van der Waals surface area contributed by atoms with Gasteiger partial charge in [0.05, 0.1) is 0 Å². The minimum Gasteiger partial charge on any atom is -0.483 e. The predicted molar refractivity (Wildman–Crippen MR) is 83.5 cm³/mol. The zero-order chi connectivity index (χ0) is 15.1. The maximum Gasteiger partial charge on any atom is 0.260 e. The molecule has 0 spiro atoms. The van der Waals surface area contributed by atoms with Crippen molar-refractivity contribution in [3.63, 3.8) is 0 Å². The largest absolute Gasteiger partial charge is 0.483 e. The van der Waals surface area contributed by atoms with Crippen molar-refractivity contribution in [2.45, 2.75) is 52.4 Å². The van der Waals surface area contributed by atoms with Crippen LogP contribution >= 0.6 is 0 Å². The first kappa shape index (κ1) is 15.8. The van der Waals surface area contributed by atoms with Crippen LogP contribution in [0.5, 0.6) is 5.75 Å². The lowest BCUT2D eigenvalue weighted by atomic mass is 9.95. The van der Waals surface area contributed by atoms with E-state index in [1.165, 1.54) is 18.4 Å². The smallest absolute Gasteiger partial charge is 0.260 e. The van der Waals surface area contributed by atoms with Crippen molar-refractivity contribution >= 4 is 5.91 Å². The molecule has 4 heteroatoms. The molecule has 1 aromatic heterocycles. The van der Waals surface area contributed by atoms with E-state index in [1.807, 2.05) is 11.0 Å². The van der Waals surface area contributed by atoms with Crippen LogP contribution in [0, 0.1) is 0 Å². The molecule has 0 aromatic carbocycles. The van der Waals surface area contributed by atoms with Crippen molar-refractivity contribution in [3.05, 3.63) is 23.5 Å². The number of rotatable bonds is 7. The molecular formula is C17H26N2O2. The van der Waals surface area contributed by atoms with Crippen molar-refractivity contribution in [3.8, 4) is 5.75 Å². The Labute approximate surface area is 127 Å². The van der Waals surface area contributed by atoms with Gasteiger partial charge in [0.1, 0.15) is 5.75 Å². The third-order valence-corrected chi connectivity index (χ3v) is 3.88. The number of fused-ring (bicyclic) bond motifs is 1. The maximum atomic E-state index is 12.2. The molecule has 1 aliphatic carbocycles. The number of aryl methyl sites for hydroxylation is 1. The van der Waals surface area contributed by atoms with Crippen molar-refractivity contribution in [1.29, 1.82) is 0 Å². The SMILES string of the molecule is CCCN(CCC)C(=O)COc1ccnc2c1CCCC2. The summed E-state index contributed by atoms with van der Waals surface area (Å²) in [6, 6.07) is 1.89. The Bertz CT molecular complexity index is 468. The fourth-order valence-corrected chi connectivity index (χ4v) is 2.86. The molecule has 1 amide bonds. The number of hydrogen-bond donors (Lipinski definition) is 0. The van der Waals surface area contributed by atoms with E-state index in [1.54, 1.807) is 6.20 Å². The molecule has 2 rings (SSSR count). The van der Waals surface area contributed by atoms with Crippen molar-refractivity contribution < 1.29 is 9.53 Å². The van der Waals surface area contributed by atoms with Gasteiger partial charge >= 0.3 is 0 Å². The first-order valence-electron chi connectivity index (χ1n) is 8.13. The average Bonchev–Trinajstić information content (AvgIpc) is 2.52. The van der Waals surface area contributed by atoms with E-state index < -0.39 is 0 Å². The molecule has 0 unspecified atom stereocenters. The molecule has 1 aromatic rings. The van der Waals surface area contributed by atoms with Gasteiger partial charge in [-0.2, -0.15) is 0 Å². The van der Waals surface area contributed by atoms with E-state index in [9.17, 15) is 4.79 Å². The molecule has 0 N–H and O–H groups in total. The molecule has 1 aliphatic rings. The fourth-order valence-electron chi connectivity index (χ4n) is 2.86. The third-order valence-electron chi connectivity index (χ3n) is 3.88. The van der Waals surface area contributed by atoms with Gasteiger partial charge in [-0.15, -0.1) is 0 Å². The second kappa shape index (κ2) is 8.01. The van der Waals surface area contributed by atoms with Crippen LogP contribution in [-0.4, -0.2) is 35.5 Å².